The largest absolute Gasteiger partial charge is 0.309 e. The summed E-state index contributed by atoms with van der Waals surface area (Å²) in [5, 5.41) is 3.11. The number of hydrogen-bond donors (Lipinski definition) is 1. The van der Waals surface area contributed by atoms with Gasteiger partial charge in [0.05, 0.1) is 17.2 Å². The van der Waals surface area contributed by atoms with Gasteiger partial charge >= 0.3 is 0 Å². The molecule has 8 heteroatoms. The summed E-state index contributed by atoms with van der Waals surface area (Å²) < 4.78 is 15.5. The summed E-state index contributed by atoms with van der Waals surface area (Å²) in [4.78, 5) is 38.4. The number of carbonyl (C=O) groups excluding carboxylic acids is 1. The Morgan fingerprint density at radius 1 is 0.927 bits per heavy atom. The lowest BCUT2D eigenvalue weighted by molar-refractivity contribution is -0.118. The molecule has 1 saturated heterocycles. The molecule has 0 aliphatic carbocycles. The molecule has 41 heavy (non-hydrogen) atoms. The molecular formula is C33H30FN5O2. The average Bonchev–Trinajstić information content (AvgIpc) is 2.99. The van der Waals surface area contributed by atoms with Crippen molar-refractivity contribution in [3.8, 4) is 11.1 Å². The maximum absolute atomic E-state index is 14.2. The van der Waals surface area contributed by atoms with Crippen LogP contribution in [0.5, 0.6) is 0 Å². The summed E-state index contributed by atoms with van der Waals surface area (Å²) in [5.41, 5.74) is 3.65. The van der Waals surface area contributed by atoms with E-state index in [9.17, 15) is 14.0 Å². The molecule has 6 rings (SSSR count). The Hall–Kier alpha value is -4.69. The zero-order valence-corrected chi connectivity index (χ0v) is 22.7. The number of benzene rings is 3. The molecule has 0 bridgehead atoms. The van der Waals surface area contributed by atoms with Crippen molar-refractivity contribution in [2.45, 2.75) is 24.8 Å². The highest BCUT2D eigenvalue weighted by molar-refractivity contribution is 5.95. The van der Waals surface area contributed by atoms with Gasteiger partial charge in [-0.1, -0.05) is 48.5 Å². The van der Waals surface area contributed by atoms with Gasteiger partial charge in [0.1, 0.15) is 17.7 Å². The van der Waals surface area contributed by atoms with Crippen molar-refractivity contribution in [3.05, 3.63) is 125 Å². The van der Waals surface area contributed by atoms with Crippen LogP contribution >= 0.6 is 0 Å². The molecule has 1 aliphatic rings. The highest BCUT2D eigenvalue weighted by atomic mass is 19.1. The van der Waals surface area contributed by atoms with E-state index in [0.29, 0.717) is 28.2 Å². The maximum Gasteiger partial charge on any atom is 0.262 e. The fourth-order valence-corrected chi connectivity index (χ4v) is 5.54. The van der Waals surface area contributed by atoms with Gasteiger partial charge in [-0.25, -0.2) is 14.4 Å². The summed E-state index contributed by atoms with van der Waals surface area (Å²) in [7, 11) is 2.16. The van der Waals surface area contributed by atoms with Crippen molar-refractivity contribution in [2.75, 3.05) is 25.5 Å². The monoisotopic (exact) mass is 547 g/mol. The van der Waals surface area contributed by atoms with Crippen molar-refractivity contribution >= 4 is 22.6 Å². The lowest BCUT2D eigenvalue weighted by Crippen LogP contribution is -2.34. The summed E-state index contributed by atoms with van der Waals surface area (Å²) in [5.74, 6) is -0.152. The molecule has 1 amide bonds. The van der Waals surface area contributed by atoms with E-state index in [1.807, 2.05) is 18.2 Å². The van der Waals surface area contributed by atoms with Gasteiger partial charge in [0.15, 0.2) is 0 Å². The average molecular weight is 548 g/mol. The highest BCUT2D eigenvalue weighted by Gasteiger charge is 2.26. The number of nitrogens with one attached hydrogen (secondary N) is 1. The van der Waals surface area contributed by atoms with Crippen molar-refractivity contribution < 1.29 is 9.18 Å². The standard InChI is InChI=1S/C33H30FN5O2/c1-38-17-14-24(15-18-38)22-8-10-23(11-9-22)25-12-13-29-28(20-25)33(41)39(21-36-29)31(26-5-4-6-27(34)19-26)32(40)37-30-7-2-3-16-35-30/h2-13,16,19-21,24,31H,14-15,17-18H2,1H3,(H,35,37,40). The third kappa shape index (κ3) is 5.64. The molecule has 1 unspecified atom stereocenters. The number of hydrogen-bond acceptors (Lipinski definition) is 5. The van der Waals surface area contributed by atoms with Crippen LogP contribution in [0.3, 0.4) is 0 Å². The number of likely N-dealkylation sites (tertiary alicyclic amines) is 1. The van der Waals surface area contributed by atoms with E-state index in [4.69, 9.17) is 0 Å². The Bertz CT molecular complexity index is 1750. The topological polar surface area (TPSA) is 80.1 Å². The number of carbonyl (C=O) groups is 1. The van der Waals surface area contributed by atoms with E-state index in [-0.39, 0.29) is 0 Å². The highest BCUT2D eigenvalue weighted by Crippen LogP contribution is 2.30. The zero-order chi connectivity index (χ0) is 28.3. The van der Waals surface area contributed by atoms with Crippen molar-refractivity contribution in [3.63, 3.8) is 0 Å². The molecular weight excluding hydrogens is 517 g/mol. The van der Waals surface area contributed by atoms with E-state index in [0.717, 1.165) is 37.1 Å². The first kappa shape index (κ1) is 26.5. The lowest BCUT2D eigenvalue weighted by Gasteiger charge is -2.29. The van der Waals surface area contributed by atoms with Crippen molar-refractivity contribution in [2.24, 2.45) is 0 Å². The molecule has 0 spiro atoms. The van der Waals surface area contributed by atoms with Crippen LogP contribution < -0.4 is 10.9 Å². The van der Waals surface area contributed by atoms with Crippen LogP contribution in [0.4, 0.5) is 10.2 Å². The Balaban J connectivity index is 1.37. The predicted molar refractivity (Wildman–Crippen MR) is 158 cm³/mol. The van der Waals surface area contributed by atoms with Gasteiger partial charge in [-0.05, 0) is 97.5 Å². The van der Waals surface area contributed by atoms with Crippen molar-refractivity contribution in [1.82, 2.24) is 19.4 Å². The van der Waals surface area contributed by atoms with E-state index in [1.54, 1.807) is 30.5 Å². The smallest absolute Gasteiger partial charge is 0.262 e. The minimum atomic E-state index is -1.16. The normalized spacial score (nSPS) is 15.1. The Morgan fingerprint density at radius 3 is 2.44 bits per heavy atom. The number of nitrogens with zero attached hydrogens (tertiary/aromatic N) is 4. The van der Waals surface area contributed by atoms with E-state index >= 15 is 0 Å². The molecule has 3 aromatic carbocycles. The molecule has 3 heterocycles. The third-order valence-electron chi connectivity index (χ3n) is 7.82. The van der Waals surface area contributed by atoms with Crippen molar-refractivity contribution in [1.29, 1.82) is 0 Å². The molecule has 0 radical (unpaired) electrons. The Morgan fingerprint density at radius 2 is 1.71 bits per heavy atom. The van der Waals surface area contributed by atoms with E-state index in [1.165, 1.54) is 34.7 Å². The second-order valence-electron chi connectivity index (χ2n) is 10.6. The first-order valence-electron chi connectivity index (χ1n) is 13.7. The first-order valence-corrected chi connectivity index (χ1v) is 13.7. The molecule has 1 N–H and O–H groups in total. The molecule has 1 fully saturated rings. The zero-order valence-electron chi connectivity index (χ0n) is 22.7. The number of anilines is 1. The van der Waals surface area contributed by atoms with Gasteiger partial charge in [0.2, 0.25) is 0 Å². The molecule has 2 aromatic heterocycles. The molecule has 1 atom stereocenters. The number of piperidine rings is 1. The SMILES string of the molecule is CN1CCC(c2ccc(-c3ccc4ncn(C(C(=O)Nc5ccccn5)c5cccc(F)c5)c(=O)c4c3)cc2)CC1. The summed E-state index contributed by atoms with van der Waals surface area (Å²) in [6.45, 7) is 2.21. The number of amides is 1. The van der Waals surface area contributed by atoms with Crippen LogP contribution in [0, 0.1) is 5.82 Å². The van der Waals surface area contributed by atoms with Crippen LogP contribution in [0.25, 0.3) is 22.0 Å². The molecule has 7 nitrogen and oxygen atoms in total. The summed E-state index contributed by atoms with van der Waals surface area (Å²) in [6.07, 6.45) is 5.20. The number of rotatable bonds is 6. The van der Waals surface area contributed by atoms with Gasteiger partial charge in [-0.2, -0.15) is 0 Å². The second kappa shape index (κ2) is 11.4. The number of fused-ring (bicyclic) bond motifs is 1. The lowest BCUT2D eigenvalue weighted by atomic mass is 9.88. The van der Waals surface area contributed by atoms with Gasteiger partial charge in [0, 0.05) is 6.20 Å². The summed E-state index contributed by atoms with van der Waals surface area (Å²) >= 11 is 0. The molecule has 206 valence electrons. The van der Waals surface area contributed by atoms with Gasteiger partial charge in [0.25, 0.3) is 11.5 Å². The van der Waals surface area contributed by atoms with Crippen LogP contribution in [0.1, 0.15) is 35.9 Å². The van der Waals surface area contributed by atoms with Crippen LogP contribution in [-0.4, -0.2) is 45.5 Å². The number of aromatic nitrogens is 3. The van der Waals surface area contributed by atoms with Gasteiger partial charge in [-0.3, -0.25) is 14.2 Å². The van der Waals surface area contributed by atoms with E-state index in [2.05, 4.69) is 51.5 Å². The summed E-state index contributed by atoms with van der Waals surface area (Å²) in [6, 6.07) is 23.8. The van der Waals surface area contributed by atoms with Gasteiger partial charge in [-0.15, -0.1) is 0 Å². The van der Waals surface area contributed by atoms with Gasteiger partial charge < -0.3 is 10.2 Å². The van der Waals surface area contributed by atoms with E-state index < -0.39 is 23.3 Å². The minimum absolute atomic E-state index is 0.322. The fourth-order valence-electron chi connectivity index (χ4n) is 5.54. The molecule has 1 aliphatic heterocycles. The Labute approximate surface area is 237 Å². The minimum Gasteiger partial charge on any atom is -0.309 e. The fraction of sp³-hybridized carbons (Fsp3) is 0.212. The molecule has 0 saturated carbocycles. The molecule has 5 aromatic rings. The number of halogens is 1. The maximum atomic E-state index is 14.2. The quantitative estimate of drug-likeness (QED) is 0.298. The Kier molecular flexibility index (Phi) is 7.39. The second-order valence-corrected chi connectivity index (χ2v) is 10.6. The third-order valence-corrected chi connectivity index (χ3v) is 7.82. The first-order chi connectivity index (χ1) is 20.0. The number of pyridine rings is 1. The van der Waals surface area contributed by atoms with Crippen LogP contribution in [-0.2, 0) is 4.79 Å². The van der Waals surface area contributed by atoms with Crippen LogP contribution in [0.2, 0.25) is 0 Å². The predicted octanol–water partition coefficient (Wildman–Crippen LogP) is 5.63. The van der Waals surface area contributed by atoms with Crippen LogP contribution in [0.15, 0.2) is 102 Å².